The van der Waals surface area contributed by atoms with Crippen molar-refractivity contribution < 1.29 is 4.42 Å². The average molecular weight is 290 g/mol. The highest BCUT2D eigenvalue weighted by molar-refractivity contribution is 5.77. The molecule has 0 atom stereocenters. The van der Waals surface area contributed by atoms with Crippen LogP contribution in [0.2, 0.25) is 0 Å². The fourth-order valence-electron chi connectivity index (χ4n) is 2.43. The van der Waals surface area contributed by atoms with Crippen LogP contribution in [0.4, 0.5) is 0 Å². The Hall–Kier alpha value is -2.95. The van der Waals surface area contributed by atoms with Crippen molar-refractivity contribution in [3.63, 3.8) is 0 Å². The quantitative estimate of drug-likeness (QED) is 0.578. The molecule has 2 aromatic carbocycles. The zero-order valence-electron chi connectivity index (χ0n) is 12.1. The number of fused-ring (bicyclic) bond motifs is 1. The largest absolute Gasteiger partial charge is 0.436 e. The predicted molar refractivity (Wildman–Crippen MR) is 83.7 cm³/mol. The first-order chi connectivity index (χ1) is 10.8. The van der Waals surface area contributed by atoms with Gasteiger partial charge < -0.3 is 4.42 Å². The van der Waals surface area contributed by atoms with Gasteiger partial charge in [0.15, 0.2) is 5.58 Å². The summed E-state index contributed by atoms with van der Waals surface area (Å²) in [7, 11) is 0. The van der Waals surface area contributed by atoms with E-state index in [0.717, 1.165) is 28.8 Å². The molecule has 108 valence electrons. The first-order valence-corrected chi connectivity index (χ1v) is 7.18. The van der Waals surface area contributed by atoms with Gasteiger partial charge in [0.25, 0.3) is 0 Å². The second kappa shape index (κ2) is 5.11. The molecule has 0 unspecified atom stereocenters. The summed E-state index contributed by atoms with van der Waals surface area (Å²) < 4.78 is 7.69. The molecule has 0 aliphatic carbocycles. The van der Waals surface area contributed by atoms with Crippen molar-refractivity contribution in [3.05, 3.63) is 60.7 Å². The normalized spacial score (nSPS) is 11.1. The Morgan fingerprint density at radius 1 is 1.00 bits per heavy atom. The maximum atomic E-state index is 5.84. The number of nitrogens with zero attached hydrogens (tertiary/aromatic N) is 4. The van der Waals surface area contributed by atoms with E-state index in [4.69, 9.17) is 4.42 Å². The topological polar surface area (TPSA) is 56.7 Å². The third kappa shape index (κ3) is 2.16. The second-order valence-electron chi connectivity index (χ2n) is 5.09. The van der Waals surface area contributed by atoms with Gasteiger partial charge in [-0.1, -0.05) is 13.0 Å². The number of oxazole rings is 1. The molecule has 0 N–H and O–H groups in total. The molecule has 0 spiro atoms. The fraction of sp³-hybridized carbons (Fsp3) is 0.118. The number of hydrogen-bond acceptors (Lipinski definition) is 4. The zero-order valence-corrected chi connectivity index (χ0v) is 12.1. The van der Waals surface area contributed by atoms with Crippen molar-refractivity contribution >= 4 is 11.1 Å². The molecule has 0 saturated carbocycles. The van der Waals surface area contributed by atoms with E-state index in [1.165, 1.54) is 5.56 Å². The van der Waals surface area contributed by atoms with E-state index >= 15 is 0 Å². The Morgan fingerprint density at radius 2 is 1.77 bits per heavy atom. The molecule has 0 saturated heterocycles. The van der Waals surface area contributed by atoms with E-state index < -0.39 is 0 Å². The maximum Gasteiger partial charge on any atom is 0.227 e. The summed E-state index contributed by atoms with van der Waals surface area (Å²) >= 11 is 0. The molecular formula is C17H14N4O. The smallest absolute Gasteiger partial charge is 0.227 e. The van der Waals surface area contributed by atoms with Crippen LogP contribution in [0.15, 0.2) is 59.5 Å². The molecule has 0 aliphatic rings. The molecule has 5 nitrogen and oxygen atoms in total. The average Bonchev–Trinajstić information content (AvgIpc) is 3.23. The summed E-state index contributed by atoms with van der Waals surface area (Å²) in [5, 5.41) is 7.61. The molecule has 22 heavy (non-hydrogen) atoms. The van der Waals surface area contributed by atoms with E-state index in [1.54, 1.807) is 12.7 Å². The number of aryl methyl sites for hydroxylation is 1. The Labute approximate surface area is 127 Å². The van der Waals surface area contributed by atoms with Gasteiger partial charge in [-0.25, -0.2) is 4.98 Å². The highest BCUT2D eigenvalue weighted by Gasteiger charge is 2.09. The Morgan fingerprint density at radius 3 is 2.50 bits per heavy atom. The predicted octanol–water partition coefficient (Wildman–Crippen LogP) is 3.64. The van der Waals surface area contributed by atoms with Crippen LogP contribution >= 0.6 is 0 Å². The van der Waals surface area contributed by atoms with Crippen LogP contribution in [0.3, 0.4) is 0 Å². The fourth-order valence-corrected chi connectivity index (χ4v) is 2.43. The Kier molecular flexibility index (Phi) is 2.96. The van der Waals surface area contributed by atoms with Gasteiger partial charge in [-0.05, 0) is 48.4 Å². The molecule has 0 fully saturated rings. The highest BCUT2D eigenvalue weighted by Crippen LogP contribution is 2.25. The molecule has 5 heteroatoms. The summed E-state index contributed by atoms with van der Waals surface area (Å²) in [5.41, 5.74) is 4.92. The summed E-state index contributed by atoms with van der Waals surface area (Å²) in [6.07, 6.45) is 4.33. The molecule has 2 heterocycles. The molecule has 0 aliphatic heterocycles. The maximum absolute atomic E-state index is 5.84. The van der Waals surface area contributed by atoms with E-state index in [0.29, 0.717) is 5.89 Å². The lowest BCUT2D eigenvalue weighted by atomic mass is 10.1. The van der Waals surface area contributed by atoms with Crippen LogP contribution in [-0.4, -0.2) is 19.7 Å². The van der Waals surface area contributed by atoms with Gasteiger partial charge in [0.05, 0.1) is 0 Å². The van der Waals surface area contributed by atoms with Crippen molar-refractivity contribution in [2.75, 3.05) is 0 Å². The van der Waals surface area contributed by atoms with Gasteiger partial charge in [0.1, 0.15) is 18.2 Å². The lowest BCUT2D eigenvalue weighted by molar-refractivity contribution is 0.620. The van der Waals surface area contributed by atoms with Crippen LogP contribution in [-0.2, 0) is 6.42 Å². The van der Waals surface area contributed by atoms with Gasteiger partial charge in [0.2, 0.25) is 5.89 Å². The molecule has 4 aromatic rings. The third-order valence-corrected chi connectivity index (χ3v) is 3.69. The SMILES string of the molecule is CCc1ccc2oc(-c3ccc(-n4cnnc4)cc3)nc2c1. The minimum atomic E-state index is 0.638. The van der Waals surface area contributed by atoms with Crippen molar-refractivity contribution in [1.29, 1.82) is 0 Å². The number of rotatable bonds is 3. The van der Waals surface area contributed by atoms with Crippen molar-refractivity contribution in [1.82, 2.24) is 19.7 Å². The van der Waals surface area contributed by atoms with Crippen LogP contribution < -0.4 is 0 Å². The third-order valence-electron chi connectivity index (χ3n) is 3.69. The van der Waals surface area contributed by atoms with Crippen molar-refractivity contribution in [3.8, 4) is 17.1 Å². The molecule has 0 amide bonds. The molecule has 2 aromatic heterocycles. The van der Waals surface area contributed by atoms with Crippen LogP contribution in [0.1, 0.15) is 12.5 Å². The zero-order chi connectivity index (χ0) is 14.9. The first-order valence-electron chi connectivity index (χ1n) is 7.18. The summed E-state index contributed by atoms with van der Waals surface area (Å²) in [5.74, 6) is 0.638. The first kappa shape index (κ1) is 12.8. The summed E-state index contributed by atoms with van der Waals surface area (Å²) in [4.78, 5) is 4.59. The number of aromatic nitrogens is 4. The van der Waals surface area contributed by atoms with Gasteiger partial charge >= 0.3 is 0 Å². The minimum Gasteiger partial charge on any atom is -0.436 e. The second-order valence-corrected chi connectivity index (χ2v) is 5.09. The van der Waals surface area contributed by atoms with Crippen molar-refractivity contribution in [2.24, 2.45) is 0 Å². The number of benzene rings is 2. The van der Waals surface area contributed by atoms with Gasteiger partial charge in [-0.15, -0.1) is 10.2 Å². The molecule has 0 radical (unpaired) electrons. The minimum absolute atomic E-state index is 0.638. The van der Waals surface area contributed by atoms with E-state index in [9.17, 15) is 0 Å². The van der Waals surface area contributed by atoms with E-state index in [-0.39, 0.29) is 0 Å². The lowest BCUT2D eigenvalue weighted by Crippen LogP contribution is -1.89. The molecule has 4 rings (SSSR count). The standard InChI is InChI=1S/C17H14N4O/c1-2-12-3-8-16-15(9-12)20-17(22-16)13-4-6-14(7-5-13)21-10-18-19-11-21/h3-11H,2H2,1H3. The van der Waals surface area contributed by atoms with Gasteiger partial charge in [-0.2, -0.15) is 0 Å². The monoisotopic (exact) mass is 290 g/mol. The van der Waals surface area contributed by atoms with Crippen LogP contribution in [0, 0.1) is 0 Å². The molecular weight excluding hydrogens is 276 g/mol. The summed E-state index contributed by atoms with van der Waals surface area (Å²) in [6.45, 7) is 2.13. The van der Waals surface area contributed by atoms with E-state index in [1.807, 2.05) is 34.9 Å². The summed E-state index contributed by atoms with van der Waals surface area (Å²) in [6, 6.07) is 14.1. The number of hydrogen-bond donors (Lipinski definition) is 0. The van der Waals surface area contributed by atoms with Gasteiger partial charge in [-0.3, -0.25) is 4.57 Å². The van der Waals surface area contributed by atoms with E-state index in [2.05, 4.69) is 34.2 Å². The van der Waals surface area contributed by atoms with Crippen LogP contribution in [0.25, 0.3) is 28.2 Å². The Balaban J connectivity index is 1.72. The highest BCUT2D eigenvalue weighted by atomic mass is 16.3. The van der Waals surface area contributed by atoms with Gasteiger partial charge in [0, 0.05) is 11.3 Å². The molecule has 0 bridgehead atoms. The van der Waals surface area contributed by atoms with Crippen LogP contribution in [0.5, 0.6) is 0 Å². The lowest BCUT2D eigenvalue weighted by Gasteiger charge is -2.01. The Bertz CT molecular complexity index is 908. The van der Waals surface area contributed by atoms with Crippen molar-refractivity contribution in [2.45, 2.75) is 13.3 Å².